The van der Waals surface area contributed by atoms with Crippen LogP contribution in [-0.2, 0) is 16.4 Å². The maximum atomic E-state index is 12.8. The molecule has 0 aliphatic heterocycles. The molecule has 2 aromatic carbocycles. The highest BCUT2D eigenvalue weighted by atomic mass is 32.2. The third kappa shape index (κ3) is 4.80. The average Bonchev–Trinajstić information content (AvgIpc) is 3.07. The fourth-order valence-electron chi connectivity index (χ4n) is 3.11. The summed E-state index contributed by atoms with van der Waals surface area (Å²) in [5.41, 5.74) is 2.30. The highest BCUT2D eigenvalue weighted by Crippen LogP contribution is 2.23. The first kappa shape index (κ1) is 21.4. The topological polar surface area (TPSA) is 113 Å². The molecule has 1 amide bonds. The lowest BCUT2D eigenvalue weighted by Crippen LogP contribution is -2.27. The van der Waals surface area contributed by atoms with Crippen molar-refractivity contribution in [2.24, 2.45) is 0 Å². The van der Waals surface area contributed by atoms with Crippen molar-refractivity contribution in [3.63, 3.8) is 0 Å². The van der Waals surface area contributed by atoms with Gasteiger partial charge in [0.25, 0.3) is 15.9 Å². The number of anilines is 1. The van der Waals surface area contributed by atoms with E-state index in [0.29, 0.717) is 24.4 Å². The minimum atomic E-state index is -3.89. The number of hydrogen-bond acceptors (Lipinski definition) is 5. The lowest BCUT2D eigenvalue weighted by Gasteiger charge is -2.13. The second kappa shape index (κ2) is 9.00. The number of amides is 1. The number of carbonyl (C=O) groups is 1. The van der Waals surface area contributed by atoms with Crippen molar-refractivity contribution in [3.8, 4) is 5.75 Å². The molecule has 0 atom stereocenters. The molecular weight excluding hydrogens is 404 g/mol. The van der Waals surface area contributed by atoms with Gasteiger partial charge in [0, 0.05) is 6.54 Å². The Morgan fingerprint density at radius 3 is 2.43 bits per heavy atom. The van der Waals surface area contributed by atoms with E-state index in [2.05, 4.69) is 20.2 Å². The van der Waals surface area contributed by atoms with Crippen molar-refractivity contribution in [3.05, 3.63) is 71.0 Å². The fourth-order valence-corrected chi connectivity index (χ4v) is 4.56. The molecule has 158 valence electrons. The molecule has 0 saturated carbocycles. The standard InChI is InChI=1S/C21H24N4O4S/c1-14-20(15(2)24-23-14)30(27,28)25-19-7-5-4-6-18(19)21(26)22-13-12-16-8-10-17(29-3)11-9-16/h4-11,25H,12-13H2,1-3H3,(H,22,26)(H,23,24). The maximum Gasteiger partial charge on any atom is 0.265 e. The van der Waals surface area contributed by atoms with Gasteiger partial charge in [0.1, 0.15) is 10.6 Å². The summed E-state index contributed by atoms with van der Waals surface area (Å²) in [4.78, 5) is 12.8. The van der Waals surface area contributed by atoms with Crippen LogP contribution in [-0.4, -0.2) is 38.2 Å². The summed E-state index contributed by atoms with van der Waals surface area (Å²) in [6.07, 6.45) is 0.636. The van der Waals surface area contributed by atoms with Gasteiger partial charge in [-0.1, -0.05) is 24.3 Å². The zero-order valence-electron chi connectivity index (χ0n) is 17.0. The number of aromatic nitrogens is 2. The Kier molecular flexibility index (Phi) is 6.41. The molecule has 0 aliphatic carbocycles. The van der Waals surface area contributed by atoms with Crippen LogP contribution < -0.4 is 14.8 Å². The van der Waals surface area contributed by atoms with Crippen LogP contribution in [0.5, 0.6) is 5.75 Å². The number of aryl methyl sites for hydroxylation is 2. The molecule has 0 fully saturated rings. The number of rotatable bonds is 8. The largest absolute Gasteiger partial charge is 0.497 e. The van der Waals surface area contributed by atoms with E-state index in [4.69, 9.17) is 4.74 Å². The predicted molar refractivity (Wildman–Crippen MR) is 114 cm³/mol. The Bertz CT molecular complexity index is 1120. The van der Waals surface area contributed by atoms with Crippen molar-refractivity contribution in [1.29, 1.82) is 0 Å². The monoisotopic (exact) mass is 428 g/mol. The Hall–Kier alpha value is -3.33. The van der Waals surface area contributed by atoms with E-state index in [1.165, 1.54) is 0 Å². The smallest absolute Gasteiger partial charge is 0.265 e. The van der Waals surface area contributed by atoms with Gasteiger partial charge in [-0.25, -0.2) is 8.42 Å². The molecule has 3 rings (SSSR count). The van der Waals surface area contributed by atoms with Crippen LogP contribution >= 0.6 is 0 Å². The summed E-state index contributed by atoms with van der Waals surface area (Å²) < 4.78 is 33.3. The highest BCUT2D eigenvalue weighted by Gasteiger charge is 2.24. The van der Waals surface area contributed by atoms with Crippen molar-refractivity contribution in [2.45, 2.75) is 25.2 Å². The van der Waals surface area contributed by atoms with Crippen LogP contribution in [0, 0.1) is 13.8 Å². The van der Waals surface area contributed by atoms with Crippen LogP contribution in [0.3, 0.4) is 0 Å². The van der Waals surface area contributed by atoms with E-state index in [-0.39, 0.29) is 22.1 Å². The van der Waals surface area contributed by atoms with Gasteiger partial charge in [0.05, 0.1) is 29.7 Å². The third-order valence-electron chi connectivity index (χ3n) is 4.60. The SMILES string of the molecule is COc1ccc(CCNC(=O)c2ccccc2NS(=O)(=O)c2c(C)n[nH]c2C)cc1. The molecule has 9 heteroatoms. The number of H-pyrrole nitrogens is 1. The Morgan fingerprint density at radius 2 is 1.80 bits per heavy atom. The highest BCUT2D eigenvalue weighted by molar-refractivity contribution is 7.92. The van der Waals surface area contributed by atoms with E-state index >= 15 is 0 Å². The van der Waals surface area contributed by atoms with Crippen molar-refractivity contribution in [2.75, 3.05) is 18.4 Å². The number of sulfonamides is 1. The van der Waals surface area contributed by atoms with Gasteiger partial charge in [-0.05, 0) is 50.1 Å². The summed E-state index contributed by atoms with van der Waals surface area (Å²) in [6, 6.07) is 14.1. The minimum Gasteiger partial charge on any atom is -0.497 e. The quantitative estimate of drug-likeness (QED) is 0.511. The lowest BCUT2D eigenvalue weighted by molar-refractivity contribution is 0.0955. The minimum absolute atomic E-state index is 0.0808. The fraction of sp³-hybridized carbons (Fsp3) is 0.238. The van der Waals surface area contributed by atoms with Gasteiger partial charge in [-0.3, -0.25) is 14.6 Å². The van der Waals surface area contributed by atoms with Crippen LogP contribution in [0.2, 0.25) is 0 Å². The van der Waals surface area contributed by atoms with Crippen molar-refractivity contribution >= 4 is 21.6 Å². The number of nitrogens with zero attached hydrogens (tertiary/aromatic N) is 1. The predicted octanol–water partition coefficient (Wildman–Crippen LogP) is 2.81. The van der Waals surface area contributed by atoms with Crippen LogP contribution in [0.15, 0.2) is 53.4 Å². The van der Waals surface area contributed by atoms with E-state index in [0.717, 1.165) is 11.3 Å². The first-order valence-corrected chi connectivity index (χ1v) is 10.8. The molecule has 1 aromatic heterocycles. The number of ether oxygens (including phenoxy) is 1. The number of nitrogens with one attached hydrogen (secondary N) is 3. The lowest BCUT2D eigenvalue weighted by atomic mass is 10.1. The molecule has 0 aliphatic rings. The average molecular weight is 429 g/mol. The number of benzene rings is 2. The molecule has 0 radical (unpaired) electrons. The maximum absolute atomic E-state index is 12.8. The molecular formula is C21H24N4O4S. The van der Waals surface area contributed by atoms with E-state index in [1.807, 2.05) is 24.3 Å². The first-order chi connectivity index (χ1) is 14.3. The van der Waals surface area contributed by atoms with Gasteiger partial charge >= 0.3 is 0 Å². The van der Waals surface area contributed by atoms with Crippen LogP contribution in [0.4, 0.5) is 5.69 Å². The molecule has 0 spiro atoms. The molecule has 30 heavy (non-hydrogen) atoms. The molecule has 0 unspecified atom stereocenters. The number of aromatic amines is 1. The van der Waals surface area contributed by atoms with Gasteiger partial charge in [0.15, 0.2) is 0 Å². The molecule has 3 N–H and O–H groups in total. The van der Waals surface area contributed by atoms with Gasteiger partial charge in [0.2, 0.25) is 0 Å². The normalized spacial score (nSPS) is 11.2. The summed E-state index contributed by atoms with van der Waals surface area (Å²) in [7, 11) is -2.29. The zero-order chi connectivity index (χ0) is 21.7. The van der Waals surface area contributed by atoms with Crippen LogP contribution in [0.1, 0.15) is 27.3 Å². The molecule has 0 saturated heterocycles. The summed E-state index contributed by atoms with van der Waals surface area (Å²) in [6.45, 7) is 3.65. The number of hydrogen-bond donors (Lipinski definition) is 3. The second-order valence-corrected chi connectivity index (χ2v) is 8.39. The summed E-state index contributed by atoms with van der Waals surface area (Å²) in [5, 5.41) is 9.43. The summed E-state index contributed by atoms with van der Waals surface area (Å²) >= 11 is 0. The van der Waals surface area contributed by atoms with Gasteiger partial charge < -0.3 is 10.1 Å². The van der Waals surface area contributed by atoms with Gasteiger partial charge in [-0.15, -0.1) is 0 Å². The van der Waals surface area contributed by atoms with Crippen molar-refractivity contribution < 1.29 is 17.9 Å². The Balaban J connectivity index is 1.70. The zero-order valence-corrected chi connectivity index (χ0v) is 17.8. The number of methoxy groups -OCH3 is 1. The first-order valence-electron chi connectivity index (χ1n) is 9.36. The molecule has 8 nitrogen and oxygen atoms in total. The summed E-state index contributed by atoms with van der Waals surface area (Å²) in [5.74, 6) is 0.412. The number of carbonyl (C=O) groups excluding carboxylic acids is 1. The van der Waals surface area contributed by atoms with Crippen LogP contribution in [0.25, 0.3) is 0 Å². The molecule has 1 heterocycles. The van der Waals surface area contributed by atoms with E-state index < -0.39 is 10.0 Å². The van der Waals surface area contributed by atoms with Crippen molar-refractivity contribution in [1.82, 2.24) is 15.5 Å². The Labute approximate surface area is 175 Å². The van der Waals surface area contributed by atoms with E-state index in [1.54, 1.807) is 45.2 Å². The Morgan fingerprint density at radius 1 is 1.10 bits per heavy atom. The second-order valence-electron chi connectivity index (χ2n) is 6.77. The number of para-hydroxylation sites is 1. The third-order valence-corrected chi connectivity index (χ3v) is 6.23. The van der Waals surface area contributed by atoms with Gasteiger partial charge in [-0.2, -0.15) is 5.10 Å². The molecule has 0 bridgehead atoms. The van der Waals surface area contributed by atoms with E-state index in [9.17, 15) is 13.2 Å². The molecule has 3 aromatic rings.